The zero-order chi connectivity index (χ0) is 21.1. The maximum Gasteiger partial charge on any atom is 0.225 e. The molecule has 1 amide bonds. The minimum absolute atomic E-state index is 0.0468. The third-order valence-corrected chi connectivity index (χ3v) is 6.48. The number of piperidine rings is 2. The van der Waals surface area contributed by atoms with E-state index in [0.717, 1.165) is 52.1 Å². The number of nitrogens with zero attached hydrogens (tertiary/aromatic N) is 2. The van der Waals surface area contributed by atoms with E-state index in [0.29, 0.717) is 44.0 Å². The summed E-state index contributed by atoms with van der Waals surface area (Å²) in [6.07, 6.45) is 3.48. The van der Waals surface area contributed by atoms with Crippen molar-refractivity contribution in [2.45, 2.75) is 38.2 Å². The molecule has 0 aliphatic carbocycles. The molecule has 166 valence electrons. The van der Waals surface area contributed by atoms with Gasteiger partial charge in [-0.25, -0.2) is 13.2 Å². The molecule has 0 aromatic heterocycles. The van der Waals surface area contributed by atoms with E-state index < -0.39 is 23.2 Å². The van der Waals surface area contributed by atoms with Crippen molar-refractivity contribution in [1.82, 2.24) is 9.80 Å². The lowest BCUT2D eigenvalue weighted by molar-refractivity contribution is -0.139. The molecule has 1 aromatic rings. The van der Waals surface area contributed by atoms with Crippen molar-refractivity contribution in [3.63, 3.8) is 0 Å². The summed E-state index contributed by atoms with van der Waals surface area (Å²) in [4.78, 5) is 17.2. The lowest BCUT2D eigenvalue weighted by Crippen LogP contribution is -2.47. The second-order valence-corrected chi connectivity index (χ2v) is 8.65. The fraction of sp³-hybridized carbons (Fsp3) is 0.682. The number of likely N-dealkylation sites (tertiary alicyclic amines) is 2. The van der Waals surface area contributed by atoms with E-state index in [1.165, 1.54) is 0 Å². The maximum atomic E-state index is 13.8. The standard InChI is InChI=1S/C22H29F3N2O3/c23-17-11-19(24)21(20(25)12-17)30-18-3-8-27(9-4-18)22(28)16-1-6-26(7-2-16)13-15-5-10-29-14-15/h11-12,15-16,18H,1-10,13-14H2. The van der Waals surface area contributed by atoms with Gasteiger partial charge in [-0.2, -0.15) is 0 Å². The Balaban J connectivity index is 1.22. The summed E-state index contributed by atoms with van der Waals surface area (Å²) in [5.74, 6) is -2.75. The zero-order valence-corrected chi connectivity index (χ0v) is 17.1. The number of ether oxygens (including phenoxy) is 2. The highest BCUT2D eigenvalue weighted by Crippen LogP contribution is 2.28. The van der Waals surface area contributed by atoms with E-state index in [-0.39, 0.29) is 17.9 Å². The Kier molecular flexibility index (Phi) is 6.83. The highest BCUT2D eigenvalue weighted by Gasteiger charge is 2.32. The van der Waals surface area contributed by atoms with Crippen LogP contribution in [-0.2, 0) is 9.53 Å². The second kappa shape index (κ2) is 9.56. The highest BCUT2D eigenvalue weighted by atomic mass is 19.1. The Bertz CT molecular complexity index is 718. The quantitative estimate of drug-likeness (QED) is 0.725. The van der Waals surface area contributed by atoms with Gasteiger partial charge < -0.3 is 19.3 Å². The van der Waals surface area contributed by atoms with Crippen LogP contribution in [0.2, 0.25) is 0 Å². The number of halogens is 3. The molecule has 3 saturated heterocycles. The van der Waals surface area contributed by atoms with Crippen molar-refractivity contribution in [2.24, 2.45) is 11.8 Å². The molecule has 0 radical (unpaired) electrons. The van der Waals surface area contributed by atoms with E-state index in [1.807, 2.05) is 4.90 Å². The molecule has 3 fully saturated rings. The van der Waals surface area contributed by atoms with E-state index in [2.05, 4.69) is 4.90 Å². The van der Waals surface area contributed by atoms with Crippen molar-refractivity contribution in [1.29, 1.82) is 0 Å². The summed E-state index contributed by atoms with van der Waals surface area (Å²) in [5.41, 5.74) is 0. The van der Waals surface area contributed by atoms with Gasteiger partial charge in [0.15, 0.2) is 17.4 Å². The average molecular weight is 426 g/mol. The number of hydrogen-bond donors (Lipinski definition) is 0. The first-order valence-corrected chi connectivity index (χ1v) is 10.9. The van der Waals surface area contributed by atoms with Gasteiger partial charge in [-0.15, -0.1) is 0 Å². The van der Waals surface area contributed by atoms with Crippen LogP contribution in [0.25, 0.3) is 0 Å². The fourth-order valence-corrected chi connectivity index (χ4v) is 4.72. The molecule has 5 nitrogen and oxygen atoms in total. The molecule has 8 heteroatoms. The Morgan fingerprint density at radius 2 is 1.67 bits per heavy atom. The zero-order valence-electron chi connectivity index (χ0n) is 17.1. The number of hydrogen-bond acceptors (Lipinski definition) is 4. The summed E-state index contributed by atoms with van der Waals surface area (Å²) in [6, 6.07) is 1.23. The number of carbonyl (C=O) groups excluding carboxylic acids is 1. The van der Waals surface area contributed by atoms with Crippen LogP contribution in [0.1, 0.15) is 32.1 Å². The van der Waals surface area contributed by atoms with E-state index in [1.54, 1.807) is 0 Å². The molecular formula is C22H29F3N2O3. The molecule has 0 saturated carbocycles. The third kappa shape index (κ3) is 5.09. The maximum absolute atomic E-state index is 13.8. The van der Waals surface area contributed by atoms with Crippen molar-refractivity contribution in [3.8, 4) is 5.75 Å². The Hall–Kier alpha value is -1.80. The summed E-state index contributed by atoms with van der Waals surface area (Å²) >= 11 is 0. The molecule has 3 aliphatic rings. The summed E-state index contributed by atoms with van der Waals surface area (Å²) in [7, 11) is 0. The lowest BCUT2D eigenvalue weighted by atomic mass is 9.93. The summed E-state index contributed by atoms with van der Waals surface area (Å²) < 4.78 is 51.5. The normalized spacial score (nSPS) is 24.4. The molecule has 30 heavy (non-hydrogen) atoms. The predicted octanol–water partition coefficient (Wildman–Crippen LogP) is 3.22. The van der Waals surface area contributed by atoms with Crippen LogP contribution in [-0.4, -0.2) is 67.7 Å². The topological polar surface area (TPSA) is 42.0 Å². The van der Waals surface area contributed by atoms with Crippen molar-refractivity contribution in [2.75, 3.05) is 45.9 Å². The van der Waals surface area contributed by atoms with Crippen LogP contribution in [0.3, 0.4) is 0 Å². The van der Waals surface area contributed by atoms with E-state index in [9.17, 15) is 18.0 Å². The first-order valence-electron chi connectivity index (χ1n) is 10.9. The predicted molar refractivity (Wildman–Crippen MR) is 105 cm³/mol. The van der Waals surface area contributed by atoms with Gasteiger partial charge in [0.1, 0.15) is 11.9 Å². The van der Waals surface area contributed by atoms with Gasteiger partial charge in [0.2, 0.25) is 5.91 Å². The lowest BCUT2D eigenvalue weighted by Gasteiger charge is -2.37. The summed E-state index contributed by atoms with van der Waals surface area (Å²) in [6.45, 7) is 5.66. The Morgan fingerprint density at radius 3 is 2.27 bits per heavy atom. The van der Waals surface area contributed by atoms with Crippen molar-refractivity contribution < 1.29 is 27.4 Å². The average Bonchev–Trinajstić information content (AvgIpc) is 3.24. The van der Waals surface area contributed by atoms with Gasteiger partial charge in [0.25, 0.3) is 0 Å². The van der Waals surface area contributed by atoms with Gasteiger partial charge in [0, 0.05) is 57.1 Å². The SMILES string of the molecule is O=C(C1CCN(CC2CCOC2)CC1)N1CCC(Oc2c(F)cc(F)cc2F)CC1. The van der Waals surface area contributed by atoms with E-state index in [4.69, 9.17) is 9.47 Å². The van der Waals surface area contributed by atoms with Crippen molar-refractivity contribution in [3.05, 3.63) is 29.6 Å². The van der Waals surface area contributed by atoms with Crippen LogP contribution in [0, 0.1) is 29.3 Å². The highest BCUT2D eigenvalue weighted by molar-refractivity contribution is 5.79. The van der Waals surface area contributed by atoms with Crippen LogP contribution in [0.5, 0.6) is 5.75 Å². The molecule has 0 bridgehead atoms. The summed E-state index contributed by atoms with van der Waals surface area (Å²) in [5, 5.41) is 0. The van der Waals surface area contributed by atoms with Crippen LogP contribution in [0.4, 0.5) is 13.2 Å². The van der Waals surface area contributed by atoms with Gasteiger partial charge in [-0.1, -0.05) is 0 Å². The van der Waals surface area contributed by atoms with Gasteiger partial charge in [0.05, 0.1) is 6.61 Å². The minimum Gasteiger partial charge on any atom is -0.484 e. The van der Waals surface area contributed by atoms with Crippen LogP contribution in [0.15, 0.2) is 12.1 Å². The molecule has 1 unspecified atom stereocenters. The number of benzene rings is 1. The fourth-order valence-electron chi connectivity index (χ4n) is 4.72. The number of carbonyl (C=O) groups is 1. The molecular weight excluding hydrogens is 397 g/mol. The molecule has 0 spiro atoms. The largest absolute Gasteiger partial charge is 0.484 e. The van der Waals surface area contributed by atoms with Crippen LogP contribution < -0.4 is 4.74 Å². The monoisotopic (exact) mass is 426 g/mol. The molecule has 3 aliphatic heterocycles. The van der Waals surface area contributed by atoms with Gasteiger partial charge in [-0.05, 0) is 38.3 Å². The molecule has 0 N–H and O–H groups in total. The second-order valence-electron chi connectivity index (χ2n) is 8.65. The van der Waals surface area contributed by atoms with Gasteiger partial charge in [-0.3, -0.25) is 4.79 Å². The molecule has 3 heterocycles. The Morgan fingerprint density at radius 1 is 1.00 bits per heavy atom. The van der Waals surface area contributed by atoms with E-state index >= 15 is 0 Å². The number of amides is 1. The molecule has 4 rings (SSSR count). The van der Waals surface area contributed by atoms with Gasteiger partial charge >= 0.3 is 0 Å². The minimum atomic E-state index is -1.04. The first kappa shape index (κ1) is 21.4. The first-order chi connectivity index (χ1) is 14.5. The Labute approximate surface area is 175 Å². The molecule has 1 aromatic carbocycles. The smallest absolute Gasteiger partial charge is 0.225 e. The van der Waals surface area contributed by atoms with Crippen LogP contribution >= 0.6 is 0 Å². The molecule has 1 atom stereocenters. The van der Waals surface area contributed by atoms with Crippen molar-refractivity contribution >= 4 is 5.91 Å². The third-order valence-electron chi connectivity index (χ3n) is 6.48. The number of rotatable bonds is 5.